The van der Waals surface area contributed by atoms with Gasteiger partial charge < -0.3 is 9.84 Å². The summed E-state index contributed by atoms with van der Waals surface area (Å²) in [4.78, 5) is 0. The van der Waals surface area contributed by atoms with Crippen LogP contribution in [0.4, 0.5) is 4.39 Å². The van der Waals surface area contributed by atoms with Gasteiger partial charge in [-0.05, 0) is 13.3 Å². The first kappa shape index (κ1) is 8.85. The van der Waals surface area contributed by atoms with E-state index in [1.807, 2.05) is 6.92 Å². The van der Waals surface area contributed by atoms with E-state index in [0.29, 0.717) is 6.42 Å². The third kappa shape index (κ3) is 4.36. The molecule has 0 bridgehead atoms. The lowest BCUT2D eigenvalue weighted by Crippen LogP contribution is -2.29. The number of hydrogen-bond acceptors (Lipinski definition) is 2. The molecule has 56 valence electrons. The molecule has 0 heterocycles. The fourth-order valence-corrected chi connectivity index (χ4v) is 0.361. The molecule has 0 rings (SSSR count). The van der Waals surface area contributed by atoms with Gasteiger partial charge in [0.2, 0.25) is 0 Å². The highest BCUT2D eigenvalue weighted by Crippen LogP contribution is 2.07. The highest BCUT2D eigenvalue weighted by atomic mass is 19.1. The normalized spacial score (nSPS) is 17.3. The standard InChI is InChI=1S/C6H13FO2/c1-3-6(2,8)4-9-5-7/h8H,3-5H2,1-2H3. The lowest BCUT2D eigenvalue weighted by molar-refractivity contribution is -0.0592. The molecule has 1 atom stereocenters. The summed E-state index contributed by atoms with van der Waals surface area (Å²) in [7, 11) is 0. The van der Waals surface area contributed by atoms with Crippen LogP contribution in [-0.2, 0) is 4.74 Å². The molecule has 0 aromatic heterocycles. The Balaban J connectivity index is 3.33. The smallest absolute Gasteiger partial charge is 0.188 e. The minimum Gasteiger partial charge on any atom is -0.388 e. The molecule has 0 aromatic carbocycles. The molecule has 0 saturated carbocycles. The molecule has 0 aliphatic carbocycles. The van der Waals surface area contributed by atoms with E-state index in [0.717, 1.165) is 0 Å². The van der Waals surface area contributed by atoms with Crippen molar-refractivity contribution in [2.24, 2.45) is 0 Å². The molecule has 9 heavy (non-hydrogen) atoms. The van der Waals surface area contributed by atoms with Crippen LogP contribution in [0.15, 0.2) is 0 Å². The van der Waals surface area contributed by atoms with E-state index in [-0.39, 0.29) is 6.61 Å². The van der Waals surface area contributed by atoms with Gasteiger partial charge in [0, 0.05) is 0 Å². The summed E-state index contributed by atoms with van der Waals surface area (Å²) in [5.41, 5.74) is -0.869. The van der Waals surface area contributed by atoms with Crippen LogP contribution < -0.4 is 0 Å². The van der Waals surface area contributed by atoms with E-state index in [2.05, 4.69) is 4.74 Å². The van der Waals surface area contributed by atoms with Crippen LogP contribution in [0.2, 0.25) is 0 Å². The van der Waals surface area contributed by atoms with Crippen molar-refractivity contribution in [1.29, 1.82) is 0 Å². The van der Waals surface area contributed by atoms with Gasteiger partial charge in [0.15, 0.2) is 6.86 Å². The molecule has 0 aliphatic rings. The van der Waals surface area contributed by atoms with Crippen LogP contribution in [0.5, 0.6) is 0 Å². The molecular weight excluding hydrogens is 123 g/mol. The maximum Gasteiger partial charge on any atom is 0.188 e. The predicted octanol–water partition coefficient (Wildman–Crippen LogP) is 1.09. The predicted molar refractivity (Wildman–Crippen MR) is 32.8 cm³/mol. The molecule has 0 aliphatic heterocycles. The van der Waals surface area contributed by atoms with Crippen molar-refractivity contribution < 1.29 is 14.2 Å². The fourth-order valence-electron chi connectivity index (χ4n) is 0.361. The van der Waals surface area contributed by atoms with Crippen molar-refractivity contribution in [3.63, 3.8) is 0 Å². The average Bonchev–Trinajstić information content (AvgIpc) is 1.84. The van der Waals surface area contributed by atoms with Crippen LogP contribution in [0.3, 0.4) is 0 Å². The van der Waals surface area contributed by atoms with Gasteiger partial charge in [0.25, 0.3) is 0 Å². The van der Waals surface area contributed by atoms with E-state index in [1.54, 1.807) is 6.92 Å². The maximum absolute atomic E-state index is 11.3. The molecular formula is C6H13FO2. The van der Waals surface area contributed by atoms with Crippen molar-refractivity contribution >= 4 is 0 Å². The second kappa shape index (κ2) is 3.80. The zero-order valence-corrected chi connectivity index (χ0v) is 5.85. The van der Waals surface area contributed by atoms with E-state index < -0.39 is 12.5 Å². The molecule has 0 saturated heterocycles. The molecule has 0 amide bonds. The largest absolute Gasteiger partial charge is 0.388 e. The SMILES string of the molecule is CCC(C)(O)COCF. The number of ether oxygens (including phenoxy) is 1. The third-order valence-corrected chi connectivity index (χ3v) is 1.25. The van der Waals surface area contributed by atoms with Gasteiger partial charge >= 0.3 is 0 Å². The Hall–Kier alpha value is -0.150. The Morgan fingerprint density at radius 2 is 2.22 bits per heavy atom. The number of halogens is 1. The molecule has 0 spiro atoms. The average molecular weight is 136 g/mol. The highest BCUT2D eigenvalue weighted by Gasteiger charge is 2.16. The Kier molecular flexibility index (Phi) is 3.73. The van der Waals surface area contributed by atoms with Gasteiger partial charge in [-0.25, -0.2) is 4.39 Å². The fraction of sp³-hybridized carbons (Fsp3) is 1.00. The summed E-state index contributed by atoms with van der Waals surface area (Å²) in [5, 5.41) is 9.16. The highest BCUT2D eigenvalue weighted by molar-refractivity contribution is 4.67. The second-order valence-electron chi connectivity index (χ2n) is 2.31. The number of hydrogen-bond donors (Lipinski definition) is 1. The number of aliphatic hydroxyl groups is 1. The van der Waals surface area contributed by atoms with Crippen LogP contribution >= 0.6 is 0 Å². The number of alkyl halides is 1. The molecule has 2 nitrogen and oxygen atoms in total. The van der Waals surface area contributed by atoms with E-state index in [4.69, 9.17) is 5.11 Å². The monoisotopic (exact) mass is 136 g/mol. The minimum atomic E-state index is -0.869. The summed E-state index contributed by atoms with van der Waals surface area (Å²) in [6.45, 7) is 2.68. The second-order valence-corrected chi connectivity index (χ2v) is 2.31. The summed E-state index contributed by atoms with van der Waals surface area (Å²) in [6, 6.07) is 0. The van der Waals surface area contributed by atoms with Gasteiger partial charge in [-0.3, -0.25) is 0 Å². The Morgan fingerprint density at radius 1 is 1.67 bits per heavy atom. The summed E-state index contributed by atoms with van der Waals surface area (Å²) < 4.78 is 15.7. The summed E-state index contributed by atoms with van der Waals surface area (Å²) >= 11 is 0. The Morgan fingerprint density at radius 3 is 2.56 bits per heavy atom. The van der Waals surface area contributed by atoms with Gasteiger partial charge in [-0.2, -0.15) is 0 Å². The van der Waals surface area contributed by atoms with Gasteiger partial charge in [0.1, 0.15) is 0 Å². The quantitative estimate of drug-likeness (QED) is 0.627. The zero-order valence-electron chi connectivity index (χ0n) is 5.85. The molecule has 0 radical (unpaired) electrons. The maximum atomic E-state index is 11.3. The van der Waals surface area contributed by atoms with E-state index >= 15 is 0 Å². The van der Waals surface area contributed by atoms with Crippen molar-refractivity contribution in [2.45, 2.75) is 25.9 Å². The first-order valence-corrected chi connectivity index (χ1v) is 2.98. The molecule has 1 N–H and O–H groups in total. The van der Waals surface area contributed by atoms with Gasteiger partial charge in [0.05, 0.1) is 12.2 Å². The van der Waals surface area contributed by atoms with Crippen LogP contribution in [0.25, 0.3) is 0 Å². The molecule has 0 fully saturated rings. The molecule has 0 aromatic rings. The Bertz CT molecular complexity index is 73.5. The van der Waals surface area contributed by atoms with Crippen molar-refractivity contribution in [1.82, 2.24) is 0 Å². The van der Waals surface area contributed by atoms with Crippen molar-refractivity contribution in [3.8, 4) is 0 Å². The minimum absolute atomic E-state index is 0.0694. The van der Waals surface area contributed by atoms with Gasteiger partial charge in [-0.1, -0.05) is 6.92 Å². The first-order chi connectivity index (χ1) is 4.12. The van der Waals surface area contributed by atoms with Crippen molar-refractivity contribution in [2.75, 3.05) is 13.5 Å². The van der Waals surface area contributed by atoms with Gasteiger partial charge in [-0.15, -0.1) is 0 Å². The topological polar surface area (TPSA) is 29.5 Å². The van der Waals surface area contributed by atoms with Crippen LogP contribution in [-0.4, -0.2) is 24.2 Å². The first-order valence-electron chi connectivity index (χ1n) is 2.98. The summed E-state index contributed by atoms with van der Waals surface area (Å²) in [6.07, 6.45) is 0.576. The lowest BCUT2D eigenvalue weighted by Gasteiger charge is -2.19. The van der Waals surface area contributed by atoms with E-state index in [1.165, 1.54) is 0 Å². The molecule has 1 unspecified atom stereocenters. The summed E-state index contributed by atoms with van der Waals surface area (Å²) in [5.74, 6) is 0. The van der Waals surface area contributed by atoms with E-state index in [9.17, 15) is 4.39 Å². The third-order valence-electron chi connectivity index (χ3n) is 1.25. The zero-order chi connectivity index (χ0) is 7.33. The van der Waals surface area contributed by atoms with Crippen molar-refractivity contribution in [3.05, 3.63) is 0 Å². The van der Waals surface area contributed by atoms with Crippen LogP contribution in [0, 0.1) is 0 Å². The molecule has 3 heteroatoms. The number of rotatable bonds is 4. The van der Waals surface area contributed by atoms with Crippen LogP contribution in [0.1, 0.15) is 20.3 Å². The lowest BCUT2D eigenvalue weighted by atomic mass is 10.1. The Labute approximate surface area is 54.6 Å².